The van der Waals surface area contributed by atoms with Crippen LogP contribution < -0.4 is 6.15 Å². The number of carbonyl (C=O) groups is 1. The molecule has 0 heterocycles. The molecule has 0 amide bonds. The van der Waals surface area contributed by atoms with Gasteiger partial charge < -0.3 is 16.0 Å². The zero-order chi connectivity index (χ0) is 8.15. The molecule has 2 atom stereocenters. The fourth-order valence-corrected chi connectivity index (χ4v) is 0.872. The van der Waals surface area contributed by atoms with Crippen molar-refractivity contribution in [1.29, 1.82) is 0 Å². The second kappa shape index (κ2) is 6.12. The van der Waals surface area contributed by atoms with Crippen LogP contribution in [0.25, 0.3) is 0 Å². The van der Waals surface area contributed by atoms with Crippen LogP contribution in [0.4, 0.5) is 0 Å². The van der Waals surface area contributed by atoms with Gasteiger partial charge in [0.1, 0.15) is 0 Å². The number of hydrogen-bond donors (Lipinski definition) is 2. The van der Waals surface area contributed by atoms with E-state index in [2.05, 4.69) is 0 Å². The SMILES string of the molecule is CCC(C(=O)O)C(C)OC.N. The molecule has 0 rings (SSSR count). The number of carboxylic acids is 1. The number of methoxy groups -OCH3 is 1. The fourth-order valence-electron chi connectivity index (χ4n) is 0.872. The molecule has 0 fully saturated rings. The summed E-state index contributed by atoms with van der Waals surface area (Å²) in [4.78, 5) is 10.5. The summed E-state index contributed by atoms with van der Waals surface area (Å²) in [6.45, 7) is 3.61. The van der Waals surface area contributed by atoms with Crippen LogP contribution in [-0.4, -0.2) is 24.3 Å². The molecule has 0 aliphatic carbocycles. The highest BCUT2D eigenvalue weighted by molar-refractivity contribution is 5.70. The number of hydrogen-bond acceptors (Lipinski definition) is 3. The van der Waals surface area contributed by atoms with Gasteiger partial charge in [-0.25, -0.2) is 0 Å². The average Bonchev–Trinajstić information content (AvgIpc) is 1.88. The molecule has 0 aliphatic rings. The van der Waals surface area contributed by atoms with E-state index in [0.29, 0.717) is 6.42 Å². The zero-order valence-electron chi connectivity index (χ0n) is 7.33. The first-order valence-electron chi connectivity index (χ1n) is 3.39. The molecule has 0 aromatic carbocycles. The van der Waals surface area contributed by atoms with Crippen molar-refractivity contribution in [3.63, 3.8) is 0 Å². The third-order valence-electron chi connectivity index (χ3n) is 1.70. The molecule has 4 heteroatoms. The molecule has 0 bridgehead atoms. The quantitative estimate of drug-likeness (QED) is 0.654. The van der Waals surface area contributed by atoms with Crippen LogP contribution in [0, 0.1) is 5.92 Å². The predicted octanol–water partition coefficient (Wildman–Crippen LogP) is 1.29. The third kappa shape index (κ3) is 3.95. The van der Waals surface area contributed by atoms with Gasteiger partial charge in [0.15, 0.2) is 0 Å². The van der Waals surface area contributed by atoms with Gasteiger partial charge in [0.2, 0.25) is 0 Å². The van der Waals surface area contributed by atoms with Crippen molar-refractivity contribution in [2.24, 2.45) is 5.92 Å². The molecule has 2 unspecified atom stereocenters. The highest BCUT2D eigenvalue weighted by Crippen LogP contribution is 2.10. The first-order chi connectivity index (χ1) is 4.63. The van der Waals surface area contributed by atoms with Crippen molar-refractivity contribution in [2.75, 3.05) is 7.11 Å². The highest BCUT2D eigenvalue weighted by atomic mass is 16.5. The summed E-state index contributed by atoms with van der Waals surface area (Å²) in [5, 5.41) is 8.59. The Morgan fingerprint density at radius 3 is 2.18 bits per heavy atom. The maximum atomic E-state index is 10.5. The molecular formula is C7H17NO3. The molecule has 0 aromatic rings. The maximum Gasteiger partial charge on any atom is 0.309 e. The van der Waals surface area contributed by atoms with Gasteiger partial charge in [0.05, 0.1) is 12.0 Å². The lowest BCUT2D eigenvalue weighted by molar-refractivity contribution is -0.146. The minimum Gasteiger partial charge on any atom is -0.481 e. The van der Waals surface area contributed by atoms with Gasteiger partial charge in [-0.15, -0.1) is 0 Å². The van der Waals surface area contributed by atoms with Crippen LogP contribution in [-0.2, 0) is 9.53 Å². The Morgan fingerprint density at radius 2 is 2.09 bits per heavy atom. The molecule has 0 aromatic heterocycles. The normalized spacial score (nSPS) is 14.8. The van der Waals surface area contributed by atoms with Crippen molar-refractivity contribution in [2.45, 2.75) is 26.4 Å². The summed E-state index contributed by atoms with van der Waals surface area (Å²) in [7, 11) is 1.52. The van der Waals surface area contributed by atoms with Crippen LogP contribution in [0.15, 0.2) is 0 Å². The Labute approximate surface area is 67.1 Å². The lowest BCUT2D eigenvalue weighted by Gasteiger charge is -2.16. The van der Waals surface area contributed by atoms with Crippen LogP contribution in [0.3, 0.4) is 0 Å². The summed E-state index contributed by atoms with van der Waals surface area (Å²) in [6, 6.07) is 0. The number of aliphatic carboxylic acids is 1. The zero-order valence-corrected chi connectivity index (χ0v) is 7.33. The first kappa shape index (κ1) is 13.0. The van der Waals surface area contributed by atoms with Gasteiger partial charge in [-0.1, -0.05) is 6.92 Å². The van der Waals surface area contributed by atoms with Crippen molar-refractivity contribution in [1.82, 2.24) is 6.15 Å². The molecule has 4 nitrogen and oxygen atoms in total. The van der Waals surface area contributed by atoms with Crippen molar-refractivity contribution < 1.29 is 14.6 Å². The van der Waals surface area contributed by atoms with E-state index in [4.69, 9.17) is 9.84 Å². The summed E-state index contributed by atoms with van der Waals surface area (Å²) < 4.78 is 4.88. The van der Waals surface area contributed by atoms with E-state index in [9.17, 15) is 4.79 Å². The van der Waals surface area contributed by atoms with Gasteiger partial charge in [0.25, 0.3) is 0 Å². The Balaban J connectivity index is 0. The van der Waals surface area contributed by atoms with Gasteiger partial charge in [0, 0.05) is 7.11 Å². The minimum atomic E-state index is -0.781. The Bertz CT molecular complexity index is 116. The minimum absolute atomic E-state index is 0. The summed E-state index contributed by atoms with van der Waals surface area (Å²) in [5.74, 6) is -1.15. The number of carboxylic acid groups (broad SMARTS) is 1. The van der Waals surface area contributed by atoms with E-state index in [1.807, 2.05) is 6.92 Å². The van der Waals surface area contributed by atoms with Gasteiger partial charge >= 0.3 is 5.97 Å². The van der Waals surface area contributed by atoms with Crippen LogP contribution in [0.2, 0.25) is 0 Å². The molecule has 0 radical (unpaired) electrons. The molecule has 0 saturated carbocycles. The topological polar surface area (TPSA) is 81.5 Å². The fraction of sp³-hybridized carbons (Fsp3) is 0.857. The smallest absolute Gasteiger partial charge is 0.309 e. The first-order valence-corrected chi connectivity index (χ1v) is 3.39. The van der Waals surface area contributed by atoms with Crippen molar-refractivity contribution >= 4 is 5.97 Å². The van der Waals surface area contributed by atoms with E-state index < -0.39 is 5.97 Å². The lowest BCUT2D eigenvalue weighted by atomic mass is 10.0. The number of rotatable bonds is 4. The van der Waals surface area contributed by atoms with E-state index in [0.717, 1.165) is 0 Å². The van der Waals surface area contributed by atoms with E-state index >= 15 is 0 Å². The predicted molar refractivity (Wildman–Crippen MR) is 42.9 cm³/mol. The standard InChI is InChI=1S/C7H14O3.H3N/c1-4-6(7(8)9)5(2)10-3;/h5-6H,4H2,1-3H3,(H,8,9);1H3. The largest absolute Gasteiger partial charge is 0.481 e. The number of ether oxygens (including phenoxy) is 1. The molecular weight excluding hydrogens is 146 g/mol. The van der Waals surface area contributed by atoms with Gasteiger partial charge in [-0.2, -0.15) is 0 Å². The van der Waals surface area contributed by atoms with Crippen LogP contribution >= 0.6 is 0 Å². The van der Waals surface area contributed by atoms with Crippen LogP contribution in [0.5, 0.6) is 0 Å². The monoisotopic (exact) mass is 163 g/mol. The molecule has 0 spiro atoms. The molecule has 0 saturated heterocycles. The Hall–Kier alpha value is -0.610. The second-order valence-corrected chi connectivity index (χ2v) is 2.29. The third-order valence-corrected chi connectivity index (χ3v) is 1.70. The van der Waals surface area contributed by atoms with Gasteiger partial charge in [-0.3, -0.25) is 4.79 Å². The summed E-state index contributed by atoms with van der Waals surface area (Å²) >= 11 is 0. The summed E-state index contributed by atoms with van der Waals surface area (Å²) in [5.41, 5.74) is 0. The molecule has 4 N–H and O–H groups in total. The van der Waals surface area contributed by atoms with Crippen molar-refractivity contribution in [3.05, 3.63) is 0 Å². The Kier molecular flexibility index (Phi) is 7.24. The highest BCUT2D eigenvalue weighted by Gasteiger charge is 2.21. The van der Waals surface area contributed by atoms with E-state index in [1.54, 1.807) is 6.92 Å². The van der Waals surface area contributed by atoms with Crippen LogP contribution in [0.1, 0.15) is 20.3 Å². The van der Waals surface area contributed by atoms with Gasteiger partial charge in [-0.05, 0) is 13.3 Å². The van der Waals surface area contributed by atoms with E-state index in [-0.39, 0.29) is 18.2 Å². The molecule has 68 valence electrons. The lowest BCUT2D eigenvalue weighted by Crippen LogP contribution is -2.26. The molecule has 0 aliphatic heterocycles. The molecule has 11 heavy (non-hydrogen) atoms. The second-order valence-electron chi connectivity index (χ2n) is 2.29. The van der Waals surface area contributed by atoms with Crippen molar-refractivity contribution in [3.8, 4) is 0 Å². The summed E-state index contributed by atoms with van der Waals surface area (Å²) in [6.07, 6.45) is 0.423. The van der Waals surface area contributed by atoms with E-state index in [1.165, 1.54) is 7.11 Å². The Morgan fingerprint density at radius 1 is 1.64 bits per heavy atom. The maximum absolute atomic E-state index is 10.5. The average molecular weight is 163 g/mol.